The Bertz CT molecular complexity index is 288. The summed E-state index contributed by atoms with van der Waals surface area (Å²) in [7, 11) is 0. The van der Waals surface area contributed by atoms with Crippen LogP contribution in [0.15, 0.2) is 24.9 Å². The van der Waals surface area contributed by atoms with Crippen molar-refractivity contribution in [1.82, 2.24) is 9.97 Å². The van der Waals surface area contributed by atoms with Crippen LogP contribution in [0.2, 0.25) is 0 Å². The number of nitrogens with one attached hydrogen (secondary N) is 1. The Morgan fingerprint density at radius 2 is 2.54 bits per heavy atom. The van der Waals surface area contributed by atoms with Gasteiger partial charge < -0.3 is 10.4 Å². The van der Waals surface area contributed by atoms with Gasteiger partial charge in [0, 0.05) is 6.20 Å². The average Bonchev–Trinajstić information content (AvgIpc) is 2.14. The second-order valence-corrected chi connectivity index (χ2v) is 2.66. The molecule has 4 heteroatoms. The summed E-state index contributed by atoms with van der Waals surface area (Å²) in [4.78, 5) is 8.09. The Hall–Kier alpha value is -1.42. The average molecular weight is 179 g/mol. The molecule has 70 valence electrons. The van der Waals surface area contributed by atoms with Crippen molar-refractivity contribution in [3.05, 3.63) is 30.7 Å². The van der Waals surface area contributed by atoms with E-state index in [0.29, 0.717) is 11.6 Å². The minimum Gasteiger partial charge on any atom is -0.394 e. The molecule has 0 aliphatic rings. The maximum absolute atomic E-state index is 8.88. The summed E-state index contributed by atoms with van der Waals surface area (Å²) in [6.45, 7) is 5.40. The van der Waals surface area contributed by atoms with Crippen molar-refractivity contribution in [2.75, 3.05) is 11.9 Å². The molecule has 0 aliphatic carbocycles. The van der Waals surface area contributed by atoms with Crippen LogP contribution in [-0.2, 0) is 0 Å². The summed E-state index contributed by atoms with van der Waals surface area (Å²) in [5.41, 5.74) is 0. The number of nitrogens with zero attached hydrogens (tertiary/aromatic N) is 2. The first-order valence-electron chi connectivity index (χ1n) is 4.06. The van der Waals surface area contributed by atoms with Gasteiger partial charge in [-0.25, -0.2) is 9.97 Å². The molecule has 0 amide bonds. The smallest absolute Gasteiger partial charge is 0.130 e. The van der Waals surface area contributed by atoms with Gasteiger partial charge in [-0.2, -0.15) is 0 Å². The van der Waals surface area contributed by atoms with Gasteiger partial charge in [0.2, 0.25) is 0 Å². The van der Waals surface area contributed by atoms with Crippen LogP contribution in [0.3, 0.4) is 0 Å². The highest BCUT2D eigenvalue weighted by atomic mass is 16.3. The molecule has 0 aliphatic heterocycles. The fourth-order valence-corrected chi connectivity index (χ4v) is 0.906. The minimum atomic E-state index is -0.158. The van der Waals surface area contributed by atoms with E-state index in [1.807, 2.05) is 6.92 Å². The maximum Gasteiger partial charge on any atom is 0.130 e. The maximum atomic E-state index is 8.88. The molecule has 0 saturated carbocycles. The molecule has 0 fully saturated rings. The summed E-state index contributed by atoms with van der Waals surface area (Å²) in [6.07, 6.45) is 3.31. The molecular formula is C9H13N3O. The van der Waals surface area contributed by atoms with Crippen LogP contribution in [0, 0.1) is 6.92 Å². The zero-order valence-electron chi connectivity index (χ0n) is 7.57. The van der Waals surface area contributed by atoms with Gasteiger partial charge in [0.05, 0.1) is 12.6 Å². The van der Waals surface area contributed by atoms with Crippen LogP contribution >= 0.6 is 0 Å². The zero-order valence-corrected chi connectivity index (χ0v) is 7.57. The van der Waals surface area contributed by atoms with Crippen LogP contribution in [0.4, 0.5) is 5.82 Å². The first kappa shape index (κ1) is 9.67. The highest BCUT2D eigenvalue weighted by Gasteiger charge is 2.02. The molecule has 0 bridgehead atoms. The molecule has 1 aromatic rings. The number of aromatic nitrogens is 2. The van der Waals surface area contributed by atoms with Crippen LogP contribution in [0.1, 0.15) is 5.82 Å². The van der Waals surface area contributed by atoms with Crippen molar-refractivity contribution in [2.24, 2.45) is 0 Å². The quantitative estimate of drug-likeness (QED) is 0.669. The zero-order chi connectivity index (χ0) is 9.68. The molecule has 2 N–H and O–H groups in total. The molecule has 4 nitrogen and oxygen atoms in total. The third-order valence-electron chi connectivity index (χ3n) is 1.59. The first-order valence-corrected chi connectivity index (χ1v) is 4.06. The molecule has 0 aromatic carbocycles. The van der Waals surface area contributed by atoms with Gasteiger partial charge in [-0.1, -0.05) is 6.08 Å². The second kappa shape index (κ2) is 4.57. The molecule has 1 unspecified atom stereocenters. The van der Waals surface area contributed by atoms with Gasteiger partial charge in [0.15, 0.2) is 0 Å². The molecule has 1 rings (SSSR count). The second-order valence-electron chi connectivity index (χ2n) is 2.66. The van der Waals surface area contributed by atoms with E-state index in [9.17, 15) is 0 Å². The van der Waals surface area contributed by atoms with Gasteiger partial charge in [-0.3, -0.25) is 0 Å². The Morgan fingerprint density at radius 1 is 1.77 bits per heavy atom. The summed E-state index contributed by atoms with van der Waals surface area (Å²) >= 11 is 0. The Balaban J connectivity index is 2.67. The lowest BCUT2D eigenvalue weighted by Gasteiger charge is -2.11. The summed E-state index contributed by atoms with van der Waals surface area (Å²) in [6, 6.07) is 1.59. The van der Waals surface area contributed by atoms with Gasteiger partial charge >= 0.3 is 0 Å². The SMILES string of the molecule is C=CC(CO)Nc1ccnc(C)n1. The van der Waals surface area contributed by atoms with E-state index in [1.165, 1.54) is 0 Å². The number of anilines is 1. The van der Waals surface area contributed by atoms with Crippen LogP contribution in [0.5, 0.6) is 0 Å². The molecule has 0 radical (unpaired) electrons. The molecule has 0 spiro atoms. The van der Waals surface area contributed by atoms with Crippen molar-refractivity contribution < 1.29 is 5.11 Å². The van der Waals surface area contributed by atoms with E-state index in [2.05, 4.69) is 21.9 Å². The third-order valence-corrected chi connectivity index (χ3v) is 1.59. The summed E-state index contributed by atoms with van der Waals surface area (Å²) < 4.78 is 0. The first-order chi connectivity index (χ1) is 6.26. The summed E-state index contributed by atoms with van der Waals surface area (Å²) in [5, 5.41) is 11.9. The van der Waals surface area contributed by atoms with Gasteiger partial charge in [0.1, 0.15) is 11.6 Å². The number of aryl methyl sites for hydroxylation is 1. The Kier molecular flexibility index (Phi) is 3.40. The molecular weight excluding hydrogens is 166 g/mol. The highest BCUT2D eigenvalue weighted by molar-refractivity contribution is 5.35. The van der Waals surface area contributed by atoms with E-state index in [-0.39, 0.29) is 12.6 Å². The van der Waals surface area contributed by atoms with Crippen molar-refractivity contribution in [1.29, 1.82) is 0 Å². The normalized spacial score (nSPS) is 12.2. The van der Waals surface area contributed by atoms with E-state index in [4.69, 9.17) is 5.11 Å². The predicted molar refractivity (Wildman–Crippen MR) is 51.5 cm³/mol. The standard InChI is InChI=1S/C9H13N3O/c1-3-8(6-13)12-9-4-5-10-7(2)11-9/h3-5,8,13H,1,6H2,2H3,(H,10,11,12). The highest BCUT2D eigenvalue weighted by Crippen LogP contribution is 2.03. The lowest BCUT2D eigenvalue weighted by molar-refractivity contribution is 0.290. The number of aliphatic hydroxyl groups is 1. The van der Waals surface area contributed by atoms with Gasteiger partial charge in [0.25, 0.3) is 0 Å². The fraction of sp³-hybridized carbons (Fsp3) is 0.333. The number of hydrogen-bond acceptors (Lipinski definition) is 4. The van der Waals surface area contributed by atoms with Crippen LogP contribution < -0.4 is 5.32 Å². The number of aliphatic hydroxyl groups excluding tert-OH is 1. The van der Waals surface area contributed by atoms with Gasteiger partial charge in [-0.05, 0) is 13.0 Å². The van der Waals surface area contributed by atoms with E-state index >= 15 is 0 Å². The molecule has 0 saturated heterocycles. The largest absolute Gasteiger partial charge is 0.394 e. The Morgan fingerprint density at radius 3 is 3.08 bits per heavy atom. The van der Waals surface area contributed by atoms with Crippen molar-refractivity contribution in [3.63, 3.8) is 0 Å². The van der Waals surface area contributed by atoms with Crippen LogP contribution in [0.25, 0.3) is 0 Å². The number of rotatable bonds is 4. The lowest BCUT2D eigenvalue weighted by Crippen LogP contribution is -2.21. The minimum absolute atomic E-state index is 0.00650. The molecule has 1 heterocycles. The topological polar surface area (TPSA) is 58.0 Å². The molecule has 1 aromatic heterocycles. The fourth-order valence-electron chi connectivity index (χ4n) is 0.906. The van der Waals surface area contributed by atoms with Gasteiger partial charge in [-0.15, -0.1) is 6.58 Å². The molecule has 1 atom stereocenters. The van der Waals surface area contributed by atoms with Crippen LogP contribution in [-0.4, -0.2) is 27.7 Å². The van der Waals surface area contributed by atoms with Crippen molar-refractivity contribution in [3.8, 4) is 0 Å². The van der Waals surface area contributed by atoms with Crippen molar-refractivity contribution in [2.45, 2.75) is 13.0 Å². The monoisotopic (exact) mass is 179 g/mol. The van der Waals surface area contributed by atoms with E-state index < -0.39 is 0 Å². The summed E-state index contributed by atoms with van der Waals surface area (Å²) in [5.74, 6) is 1.40. The van der Waals surface area contributed by atoms with Crippen molar-refractivity contribution >= 4 is 5.82 Å². The number of hydrogen-bond donors (Lipinski definition) is 2. The third kappa shape index (κ3) is 2.83. The molecule has 13 heavy (non-hydrogen) atoms. The van der Waals surface area contributed by atoms with E-state index in [1.54, 1.807) is 18.3 Å². The lowest BCUT2D eigenvalue weighted by atomic mass is 10.3. The predicted octanol–water partition coefficient (Wildman–Crippen LogP) is 0.744. The van der Waals surface area contributed by atoms with E-state index in [0.717, 1.165) is 0 Å². The Labute approximate surface area is 77.3 Å².